The van der Waals surface area contributed by atoms with Gasteiger partial charge in [0, 0.05) is 32.0 Å². The first kappa shape index (κ1) is 16.2. The van der Waals surface area contributed by atoms with Gasteiger partial charge in [-0.2, -0.15) is 0 Å². The Morgan fingerprint density at radius 2 is 2.08 bits per heavy atom. The molecule has 0 aliphatic carbocycles. The predicted octanol–water partition coefficient (Wildman–Crippen LogP) is 2.51. The summed E-state index contributed by atoms with van der Waals surface area (Å²) in [6.45, 7) is 3.15. The number of rotatable bonds is 6. The summed E-state index contributed by atoms with van der Waals surface area (Å²) in [7, 11) is 1.87. The maximum atomic E-state index is 12.2. The molecule has 126 valence electrons. The van der Waals surface area contributed by atoms with Crippen LogP contribution >= 0.6 is 0 Å². The molecule has 1 aromatic heterocycles. The highest BCUT2D eigenvalue weighted by Gasteiger charge is 2.38. The van der Waals surface area contributed by atoms with Crippen molar-refractivity contribution >= 4 is 11.7 Å². The minimum absolute atomic E-state index is 0.0828. The lowest BCUT2D eigenvalue weighted by atomic mass is 9.93. The summed E-state index contributed by atoms with van der Waals surface area (Å²) in [5.41, 5.74) is 1.16. The van der Waals surface area contributed by atoms with Gasteiger partial charge in [-0.15, -0.1) is 0 Å². The highest BCUT2D eigenvalue weighted by atomic mass is 16.5. The highest BCUT2D eigenvalue weighted by molar-refractivity contribution is 5.79. The number of benzene rings is 1. The molecule has 1 aliphatic heterocycles. The molecule has 6 heteroatoms. The average molecular weight is 326 g/mol. The Morgan fingerprint density at radius 1 is 1.29 bits per heavy atom. The SMILES string of the molecule is CCOc1cc(NC[C@H]2CC(=O)N(C)[C@H]2c2ccccc2)ncn1. The number of hydrogen-bond donors (Lipinski definition) is 1. The van der Waals surface area contributed by atoms with E-state index in [2.05, 4.69) is 27.4 Å². The van der Waals surface area contributed by atoms with Crippen molar-refractivity contribution in [1.82, 2.24) is 14.9 Å². The number of anilines is 1. The fourth-order valence-corrected chi connectivity index (χ4v) is 3.18. The predicted molar refractivity (Wildman–Crippen MR) is 91.8 cm³/mol. The van der Waals surface area contributed by atoms with Crippen LogP contribution in [-0.2, 0) is 4.79 Å². The molecule has 0 unspecified atom stereocenters. The van der Waals surface area contributed by atoms with Crippen molar-refractivity contribution in [2.45, 2.75) is 19.4 Å². The summed E-state index contributed by atoms with van der Waals surface area (Å²) in [4.78, 5) is 22.3. The minimum Gasteiger partial charge on any atom is -0.478 e. The van der Waals surface area contributed by atoms with Gasteiger partial charge in [0.05, 0.1) is 12.6 Å². The van der Waals surface area contributed by atoms with Crippen LogP contribution in [-0.4, -0.2) is 41.0 Å². The maximum absolute atomic E-state index is 12.2. The normalized spacial score (nSPS) is 20.2. The van der Waals surface area contributed by atoms with Crippen LogP contribution in [0.15, 0.2) is 42.7 Å². The minimum atomic E-state index is 0.0828. The number of nitrogens with one attached hydrogen (secondary N) is 1. The standard InChI is InChI=1S/C18H22N4O2/c1-3-24-16-10-15(20-12-21-16)19-11-14-9-17(23)22(2)18(14)13-7-5-4-6-8-13/h4-8,10,12,14,18H,3,9,11H2,1-2H3,(H,19,20,21)/t14-,18+/m1/s1. The topological polar surface area (TPSA) is 67.3 Å². The summed E-state index contributed by atoms with van der Waals surface area (Å²) in [5.74, 6) is 1.63. The number of hydrogen-bond acceptors (Lipinski definition) is 5. The van der Waals surface area contributed by atoms with E-state index in [1.54, 1.807) is 6.07 Å². The third-order valence-corrected chi connectivity index (χ3v) is 4.31. The number of carbonyl (C=O) groups is 1. The van der Waals surface area contributed by atoms with Crippen LogP contribution in [0.4, 0.5) is 5.82 Å². The molecule has 2 heterocycles. The molecule has 3 rings (SSSR count). The van der Waals surface area contributed by atoms with Crippen molar-refractivity contribution in [3.8, 4) is 5.88 Å². The van der Waals surface area contributed by atoms with E-state index in [0.29, 0.717) is 31.3 Å². The Bertz CT molecular complexity index is 692. The van der Waals surface area contributed by atoms with Crippen LogP contribution in [0.5, 0.6) is 5.88 Å². The molecule has 0 bridgehead atoms. The molecule has 1 aromatic carbocycles. The van der Waals surface area contributed by atoms with Gasteiger partial charge >= 0.3 is 0 Å². The quantitative estimate of drug-likeness (QED) is 0.883. The van der Waals surface area contributed by atoms with E-state index in [1.807, 2.05) is 37.1 Å². The summed E-state index contributed by atoms with van der Waals surface area (Å²) >= 11 is 0. The van der Waals surface area contributed by atoms with Gasteiger partial charge in [0.15, 0.2) is 0 Å². The molecule has 0 radical (unpaired) electrons. The van der Waals surface area contributed by atoms with Gasteiger partial charge in [0.2, 0.25) is 11.8 Å². The first-order valence-electron chi connectivity index (χ1n) is 8.18. The molecule has 2 atom stereocenters. The molecule has 6 nitrogen and oxygen atoms in total. The van der Waals surface area contributed by atoms with Crippen molar-refractivity contribution in [2.24, 2.45) is 5.92 Å². The van der Waals surface area contributed by atoms with Crippen molar-refractivity contribution in [2.75, 3.05) is 25.5 Å². The van der Waals surface area contributed by atoms with Crippen LogP contribution in [0.2, 0.25) is 0 Å². The fourth-order valence-electron chi connectivity index (χ4n) is 3.18. The fraction of sp³-hybridized carbons (Fsp3) is 0.389. The summed E-state index contributed by atoms with van der Waals surface area (Å²) < 4.78 is 5.39. The van der Waals surface area contributed by atoms with Gasteiger partial charge in [-0.1, -0.05) is 30.3 Å². The molecular formula is C18H22N4O2. The summed E-state index contributed by atoms with van der Waals surface area (Å²) in [6.07, 6.45) is 2.01. The van der Waals surface area contributed by atoms with Crippen molar-refractivity contribution in [3.05, 3.63) is 48.3 Å². The van der Waals surface area contributed by atoms with E-state index in [-0.39, 0.29) is 17.9 Å². The number of ether oxygens (including phenoxy) is 1. The first-order chi connectivity index (χ1) is 11.7. The number of aromatic nitrogens is 2. The molecule has 1 aliphatic rings. The molecule has 2 aromatic rings. The van der Waals surface area contributed by atoms with E-state index < -0.39 is 0 Å². The van der Waals surface area contributed by atoms with E-state index >= 15 is 0 Å². The smallest absolute Gasteiger partial charge is 0.223 e. The number of nitrogens with zero attached hydrogens (tertiary/aromatic N) is 3. The van der Waals surface area contributed by atoms with Gasteiger partial charge in [-0.05, 0) is 12.5 Å². The second-order valence-electron chi connectivity index (χ2n) is 5.88. The van der Waals surface area contributed by atoms with Crippen molar-refractivity contribution in [1.29, 1.82) is 0 Å². The zero-order valence-corrected chi connectivity index (χ0v) is 14.0. The van der Waals surface area contributed by atoms with Crippen LogP contribution in [0, 0.1) is 5.92 Å². The second kappa shape index (κ2) is 7.29. The zero-order chi connectivity index (χ0) is 16.9. The van der Waals surface area contributed by atoms with Gasteiger partial charge in [-0.3, -0.25) is 4.79 Å². The zero-order valence-electron chi connectivity index (χ0n) is 14.0. The van der Waals surface area contributed by atoms with Gasteiger partial charge in [0.25, 0.3) is 0 Å². The van der Waals surface area contributed by atoms with Gasteiger partial charge in [-0.25, -0.2) is 9.97 Å². The lowest BCUT2D eigenvalue weighted by Crippen LogP contribution is -2.26. The average Bonchev–Trinajstić information content (AvgIpc) is 2.89. The lowest BCUT2D eigenvalue weighted by Gasteiger charge is -2.25. The molecular weight excluding hydrogens is 304 g/mol. The largest absolute Gasteiger partial charge is 0.478 e. The van der Waals surface area contributed by atoms with E-state index in [4.69, 9.17) is 4.74 Å². The Balaban J connectivity index is 1.71. The second-order valence-corrected chi connectivity index (χ2v) is 5.88. The Kier molecular flexibility index (Phi) is 4.93. The van der Waals surface area contributed by atoms with Gasteiger partial charge < -0.3 is 15.0 Å². The van der Waals surface area contributed by atoms with Crippen molar-refractivity contribution in [3.63, 3.8) is 0 Å². The third kappa shape index (κ3) is 3.48. The Morgan fingerprint density at radius 3 is 2.83 bits per heavy atom. The number of likely N-dealkylation sites (tertiary alicyclic amines) is 1. The molecule has 1 amide bonds. The Labute approximate surface area is 141 Å². The monoisotopic (exact) mass is 326 g/mol. The first-order valence-corrected chi connectivity index (χ1v) is 8.18. The number of amides is 1. The molecule has 0 saturated carbocycles. The van der Waals surface area contributed by atoms with Crippen LogP contribution in [0.1, 0.15) is 24.9 Å². The van der Waals surface area contributed by atoms with E-state index in [1.165, 1.54) is 6.33 Å². The van der Waals surface area contributed by atoms with Crippen LogP contribution < -0.4 is 10.1 Å². The van der Waals surface area contributed by atoms with Crippen LogP contribution in [0.3, 0.4) is 0 Å². The molecule has 0 spiro atoms. The lowest BCUT2D eigenvalue weighted by molar-refractivity contribution is -0.127. The van der Waals surface area contributed by atoms with Gasteiger partial charge in [0.1, 0.15) is 12.1 Å². The molecule has 24 heavy (non-hydrogen) atoms. The highest BCUT2D eigenvalue weighted by Crippen LogP contribution is 2.36. The molecule has 1 saturated heterocycles. The number of carbonyl (C=O) groups excluding carboxylic acids is 1. The summed E-state index contributed by atoms with van der Waals surface area (Å²) in [5, 5.41) is 3.32. The van der Waals surface area contributed by atoms with Crippen molar-refractivity contribution < 1.29 is 9.53 Å². The van der Waals surface area contributed by atoms with Crippen LogP contribution in [0.25, 0.3) is 0 Å². The Hall–Kier alpha value is -2.63. The van der Waals surface area contributed by atoms with E-state index in [0.717, 1.165) is 5.56 Å². The molecule has 1 fully saturated rings. The summed E-state index contributed by atoms with van der Waals surface area (Å²) in [6, 6.07) is 12.0. The third-order valence-electron chi connectivity index (χ3n) is 4.31. The van der Waals surface area contributed by atoms with E-state index in [9.17, 15) is 4.79 Å². The maximum Gasteiger partial charge on any atom is 0.223 e. The molecule has 1 N–H and O–H groups in total.